The summed E-state index contributed by atoms with van der Waals surface area (Å²) in [5.41, 5.74) is 1.46. The Labute approximate surface area is 201 Å². The zero-order valence-corrected chi connectivity index (χ0v) is 20.5. The lowest BCUT2D eigenvalue weighted by Crippen LogP contribution is -2.57. The largest absolute Gasteiger partial charge is 0.491 e. The molecule has 7 nitrogen and oxygen atoms in total. The number of carbonyl (C=O) groups is 1. The molecule has 2 saturated heterocycles. The van der Waals surface area contributed by atoms with Crippen molar-refractivity contribution in [1.82, 2.24) is 19.8 Å². The molecule has 8 heteroatoms. The van der Waals surface area contributed by atoms with Crippen molar-refractivity contribution in [2.75, 3.05) is 39.4 Å². The minimum absolute atomic E-state index is 0.153. The van der Waals surface area contributed by atoms with Crippen molar-refractivity contribution < 1.29 is 14.3 Å². The van der Waals surface area contributed by atoms with Crippen LogP contribution in [0.5, 0.6) is 5.75 Å². The topological polar surface area (TPSA) is 70.7 Å². The summed E-state index contributed by atoms with van der Waals surface area (Å²) in [7, 11) is 0. The molecule has 0 unspecified atom stereocenters. The zero-order valence-electron chi connectivity index (χ0n) is 19.7. The average Bonchev–Trinajstić information content (AvgIpc) is 3.18. The number of rotatable bonds is 8. The highest BCUT2D eigenvalue weighted by molar-refractivity contribution is 6.30. The van der Waals surface area contributed by atoms with Crippen LogP contribution in [0.1, 0.15) is 49.8 Å². The summed E-state index contributed by atoms with van der Waals surface area (Å²) in [5, 5.41) is 0.665. The van der Waals surface area contributed by atoms with Gasteiger partial charge in [-0.1, -0.05) is 18.5 Å². The van der Waals surface area contributed by atoms with Gasteiger partial charge in [-0.05, 0) is 50.5 Å². The first kappa shape index (κ1) is 24.0. The number of halogens is 1. The second kappa shape index (κ2) is 10.9. The molecule has 2 aromatic rings. The third-order valence-corrected chi connectivity index (χ3v) is 6.82. The van der Waals surface area contributed by atoms with Crippen molar-refractivity contribution in [3.8, 4) is 5.75 Å². The molecule has 4 rings (SSSR count). The number of aryl methyl sites for hydroxylation is 2. The normalized spacial score (nSPS) is 21.8. The van der Waals surface area contributed by atoms with Gasteiger partial charge in [-0.15, -0.1) is 0 Å². The number of aromatic nitrogens is 2. The van der Waals surface area contributed by atoms with Crippen LogP contribution in [0.15, 0.2) is 24.3 Å². The van der Waals surface area contributed by atoms with Crippen LogP contribution >= 0.6 is 11.6 Å². The third kappa shape index (κ3) is 6.28. The minimum atomic E-state index is -0.704. The van der Waals surface area contributed by atoms with Crippen molar-refractivity contribution in [2.45, 2.75) is 58.1 Å². The number of carbonyl (C=O) groups excluding carboxylic acids is 1. The first-order chi connectivity index (χ1) is 16.0. The number of benzene rings is 1. The van der Waals surface area contributed by atoms with E-state index in [4.69, 9.17) is 26.1 Å². The summed E-state index contributed by atoms with van der Waals surface area (Å²) >= 11 is 6.02. The summed E-state index contributed by atoms with van der Waals surface area (Å²) < 4.78 is 12.5. The lowest BCUT2D eigenvalue weighted by atomic mass is 9.96. The van der Waals surface area contributed by atoms with Crippen LogP contribution in [0, 0.1) is 6.92 Å². The van der Waals surface area contributed by atoms with Crippen molar-refractivity contribution >= 4 is 17.5 Å². The van der Waals surface area contributed by atoms with Crippen LogP contribution in [0.25, 0.3) is 0 Å². The predicted molar refractivity (Wildman–Crippen MR) is 129 cm³/mol. The van der Waals surface area contributed by atoms with E-state index >= 15 is 0 Å². The maximum atomic E-state index is 13.2. The molecule has 0 aliphatic carbocycles. The number of nitrogens with zero attached hydrogens (tertiary/aromatic N) is 3. The van der Waals surface area contributed by atoms with Gasteiger partial charge in [0.25, 0.3) is 0 Å². The Morgan fingerprint density at radius 1 is 1.21 bits per heavy atom. The van der Waals surface area contributed by atoms with E-state index in [0.717, 1.165) is 68.4 Å². The second-order valence-corrected chi connectivity index (χ2v) is 9.65. The maximum Gasteiger partial charge on any atom is 0.225 e. The Hall–Kier alpha value is -2.09. The van der Waals surface area contributed by atoms with Crippen molar-refractivity contribution in [2.24, 2.45) is 0 Å². The number of likely N-dealkylation sites (tertiary alicyclic amines) is 1. The van der Waals surface area contributed by atoms with Gasteiger partial charge in [0.05, 0.1) is 18.7 Å². The Morgan fingerprint density at radius 3 is 2.67 bits per heavy atom. The molecular weight excluding hydrogens is 440 g/mol. The van der Waals surface area contributed by atoms with Crippen LogP contribution < -0.4 is 4.74 Å². The Kier molecular flexibility index (Phi) is 7.94. The van der Waals surface area contributed by atoms with E-state index in [-0.39, 0.29) is 5.91 Å². The minimum Gasteiger partial charge on any atom is -0.491 e. The van der Waals surface area contributed by atoms with E-state index < -0.39 is 5.60 Å². The molecule has 0 spiro atoms. The summed E-state index contributed by atoms with van der Waals surface area (Å²) in [6, 6.07) is 7.31. The molecular formula is C25H35ClN4O3. The van der Waals surface area contributed by atoms with Crippen LogP contribution in [0.4, 0.5) is 0 Å². The fourth-order valence-electron chi connectivity index (χ4n) is 4.68. The molecule has 1 N–H and O–H groups in total. The highest BCUT2D eigenvalue weighted by atomic mass is 35.5. The molecule has 2 aliphatic heterocycles. The highest BCUT2D eigenvalue weighted by Gasteiger charge is 2.41. The van der Waals surface area contributed by atoms with E-state index in [0.29, 0.717) is 31.2 Å². The highest BCUT2D eigenvalue weighted by Crippen LogP contribution is 2.28. The molecule has 0 saturated carbocycles. The van der Waals surface area contributed by atoms with Gasteiger partial charge in [0, 0.05) is 49.9 Å². The second-order valence-electron chi connectivity index (χ2n) is 9.21. The molecule has 2 fully saturated rings. The van der Waals surface area contributed by atoms with E-state index in [1.54, 1.807) is 0 Å². The number of amides is 1. The smallest absolute Gasteiger partial charge is 0.225 e. The molecule has 33 heavy (non-hydrogen) atoms. The van der Waals surface area contributed by atoms with E-state index in [2.05, 4.69) is 23.7 Å². The van der Waals surface area contributed by atoms with E-state index in [1.165, 1.54) is 6.42 Å². The molecule has 1 aromatic heterocycles. The summed E-state index contributed by atoms with van der Waals surface area (Å²) in [6.07, 6.45) is 4.54. The summed E-state index contributed by atoms with van der Waals surface area (Å²) in [6.45, 7) is 8.85. The van der Waals surface area contributed by atoms with Gasteiger partial charge in [0.2, 0.25) is 5.91 Å². The first-order valence-corrected chi connectivity index (χ1v) is 12.4. The molecule has 0 radical (unpaired) electrons. The van der Waals surface area contributed by atoms with Crippen LogP contribution in [0.3, 0.4) is 0 Å². The number of imidazole rings is 1. The number of hydrogen-bond acceptors (Lipinski definition) is 5. The monoisotopic (exact) mass is 474 g/mol. The number of morpholine rings is 1. The van der Waals surface area contributed by atoms with Crippen LogP contribution in [-0.2, 0) is 22.5 Å². The van der Waals surface area contributed by atoms with Gasteiger partial charge < -0.3 is 19.4 Å². The van der Waals surface area contributed by atoms with Gasteiger partial charge in [-0.3, -0.25) is 9.69 Å². The number of aromatic amines is 1. The molecule has 2 aliphatic rings. The number of ether oxygens (including phenoxy) is 2. The zero-order chi connectivity index (χ0) is 23.3. The van der Waals surface area contributed by atoms with Gasteiger partial charge in [-0.2, -0.15) is 0 Å². The van der Waals surface area contributed by atoms with Crippen molar-refractivity contribution in [1.29, 1.82) is 0 Å². The SMILES string of the molecule is CCc1nc(CN2CCO[C@@](COc3ccc(Cl)cc3)(CC(=O)N3CCCCC3)C2)c(C)[nH]1. The number of nitrogens with one attached hydrogen (secondary N) is 1. The molecule has 1 atom stereocenters. The van der Waals surface area contributed by atoms with Gasteiger partial charge in [0.1, 0.15) is 23.8 Å². The lowest BCUT2D eigenvalue weighted by Gasteiger charge is -2.43. The van der Waals surface area contributed by atoms with E-state index in [1.807, 2.05) is 29.2 Å². The average molecular weight is 475 g/mol. The third-order valence-electron chi connectivity index (χ3n) is 6.57. The Bertz CT molecular complexity index is 926. The fourth-order valence-corrected chi connectivity index (χ4v) is 4.80. The Balaban J connectivity index is 1.49. The van der Waals surface area contributed by atoms with E-state index in [9.17, 15) is 4.79 Å². The van der Waals surface area contributed by atoms with Crippen molar-refractivity contribution in [3.63, 3.8) is 0 Å². The number of H-pyrrole nitrogens is 1. The molecule has 1 amide bonds. The summed E-state index contributed by atoms with van der Waals surface area (Å²) in [5.74, 6) is 1.88. The van der Waals surface area contributed by atoms with Crippen LogP contribution in [0.2, 0.25) is 5.02 Å². The number of hydrogen-bond donors (Lipinski definition) is 1. The van der Waals surface area contributed by atoms with Crippen molar-refractivity contribution in [3.05, 3.63) is 46.5 Å². The molecule has 180 valence electrons. The predicted octanol–water partition coefficient (Wildman–Crippen LogP) is 3.99. The standard InChI is InChI=1S/C25H35ClN4O3/c1-3-23-27-19(2)22(28-23)16-29-13-14-33-25(17-29,15-24(31)30-11-5-4-6-12-30)18-32-21-9-7-20(26)8-10-21/h7-10H,3-6,11-18H2,1-2H3,(H,27,28)/t25-/m0/s1. The van der Waals surface area contributed by atoms with Gasteiger partial charge in [0.15, 0.2) is 0 Å². The van der Waals surface area contributed by atoms with Gasteiger partial charge >= 0.3 is 0 Å². The molecule has 3 heterocycles. The quantitative estimate of drug-likeness (QED) is 0.626. The number of piperidine rings is 1. The first-order valence-electron chi connectivity index (χ1n) is 12.0. The lowest BCUT2D eigenvalue weighted by molar-refractivity contribution is -0.157. The molecule has 1 aromatic carbocycles. The van der Waals surface area contributed by atoms with Gasteiger partial charge in [-0.25, -0.2) is 4.98 Å². The Morgan fingerprint density at radius 2 is 1.97 bits per heavy atom. The summed E-state index contributed by atoms with van der Waals surface area (Å²) in [4.78, 5) is 25.7. The van der Waals surface area contributed by atoms with Crippen LogP contribution in [-0.4, -0.2) is 70.7 Å². The fraction of sp³-hybridized carbons (Fsp3) is 0.600. The molecule has 0 bridgehead atoms. The maximum absolute atomic E-state index is 13.2.